The summed E-state index contributed by atoms with van der Waals surface area (Å²) in [5, 5.41) is 0. The van der Waals surface area contributed by atoms with Crippen LogP contribution in [0, 0.1) is 0 Å². The molecule has 1 unspecified atom stereocenters. The second kappa shape index (κ2) is 4.31. The normalized spacial score (nSPS) is 15.9. The quantitative estimate of drug-likeness (QED) is 0.895. The Bertz CT molecular complexity index is 652. The zero-order chi connectivity index (χ0) is 13.4. The number of carbonyl (C=O) groups is 1. The number of hydrogen-bond acceptors (Lipinski definition) is 3. The van der Waals surface area contributed by atoms with Crippen LogP contribution in [0.3, 0.4) is 0 Å². The smallest absolute Gasteiger partial charge is 0.263 e. The fourth-order valence-electron chi connectivity index (χ4n) is 2.32. The minimum atomic E-state index is -0.739. The van der Waals surface area contributed by atoms with Crippen LogP contribution >= 0.6 is 0 Å². The van der Waals surface area contributed by atoms with Gasteiger partial charge in [-0.05, 0) is 23.8 Å². The number of hydrogen-bond donors (Lipinski definition) is 1. The maximum atomic E-state index is 11.5. The summed E-state index contributed by atoms with van der Waals surface area (Å²) in [6.45, 7) is 0. The second-order valence-electron chi connectivity index (χ2n) is 4.35. The third kappa shape index (κ3) is 1.81. The van der Waals surface area contributed by atoms with E-state index < -0.39 is 12.0 Å². The van der Waals surface area contributed by atoms with Crippen LogP contribution in [0.5, 0.6) is 11.5 Å². The lowest BCUT2D eigenvalue weighted by Crippen LogP contribution is -2.28. The lowest BCUT2D eigenvalue weighted by Gasteiger charge is -2.27. The fraction of sp³-hybridized carbons (Fsp3) is 0.133. The summed E-state index contributed by atoms with van der Waals surface area (Å²) in [4.78, 5) is 11.5. The average molecular weight is 255 g/mol. The lowest BCUT2D eigenvalue weighted by atomic mass is 9.92. The summed E-state index contributed by atoms with van der Waals surface area (Å²) < 4.78 is 10.9. The first-order chi connectivity index (χ1) is 9.20. The molecule has 1 aliphatic heterocycles. The van der Waals surface area contributed by atoms with Crippen LogP contribution in [0.25, 0.3) is 11.1 Å². The van der Waals surface area contributed by atoms with Crippen LogP contribution in [-0.4, -0.2) is 13.0 Å². The Balaban J connectivity index is 2.22. The summed E-state index contributed by atoms with van der Waals surface area (Å²) in [5.41, 5.74) is 8.05. The Hall–Kier alpha value is -2.49. The summed E-state index contributed by atoms with van der Waals surface area (Å²) >= 11 is 0. The zero-order valence-corrected chi connectivity index (χ0v) is 10.4. The van der Waals surface area contributed by atoms with Crippen LogP contribution in [0.4, 0.5) is 0 Å². The monoisotopic (exact) mass is 255 g/mol. The number of rotatable bonds is 2. The molecule has 0 saturated heterocycles. The van der Waals surface area contributed by atoms with Crippen LogP contribution in [0.2, 0.25) is 0 Å². The molecular formula is C15H13NO3. The molecule has 0 aromatic heterocycles. The molecule has 3 rings (SSSR count). The summed E-state index contributed by atoms with van der Waals surface area (Å²) in [5.74, 6) is 0.895. The molecule has 1 heterocycles. The highest BCUT2D eigenvalue weighted by molar-refractivity contribution is 5.88. The van der Waals surface area contributed by atoms with Gasteiger partial charge in [0.1, 0.15) is 11.5 Å². The number of carbonyl (C=O) groups excluding carboxylic acids is 1. The topological polar surface area (TPSA) is 61.5 Å². The van der Waals surface area contributed by atoms with Gasteiger partial charge in [0.05, 0.1) is 7.11 Å². The number of nitrogens with two attached hydrogens (primary N) is 1. The largest absolute Gasteiger partial charge is 0.497 e. The molecule has 96 valence electrons. The molecule has 2 aromatic carbocycles. The van der Waals surface area contributed by atoms with Gasteiger partial charge in [-0.25, -0.2) is 0 Å². The minimum absolute atomic E-state index is 0.492. The van der Waals surface area contributed by atoms with E-state index in [4.69, 9.17) is 15.2 Å². The molecule has 2 aromatic rings. The maximum absolute atomic E-state index is 11.5. The van der Waals surface area contributed by atoms with E-state index in [1.807, 2.05) is 30.3 Å². The van der Waals surface area contributed by atoms with Crippen molar-refractivity contribution in [3.05, 3.63) is 48.0 Å². The number of methoxy groups -OCH3 is 1. The van der Waals surface area contributed by atoms with Crippen molar-refractivity contribution >= 4 is 5.91 Å². The summed E-state index contributed by atoms with van der Waals surface area (Å²) in [7, 11) is 1.61. The molecule has 4 nitrogen and oxygen atoms in total. The third-order valence-corrected chi connectivity index (χ3v) is 3.22. The van der Waals surface area contributed by atoms with Crippen LogP contribution in [0.15, 0.2) is 42.5 Å². The van der Waals surface area contributed by atoms with Gasteiger partial charge in [0.25, 0.3) is 5.91 Å². The molecule has 0 spiro atoms. The molecule has 0 fully saturated rings. The molecule has 1 amide bonds. The summed E-state index contributed by atoms with van der Waals surface area (Å²) in [6.07, 6.45) is -0.739. The second-order valence-corrected chi connectivity index (χ2v) is 4.35. The first-order valence-electron chi connectivity index (χ1n) is 5.94. The van der Waals surface area contributed by atoms with Crippen molar-refractivity contribution < 1.29 is 14.3 Å². The Morgan fingerprint density at radius 3 is 2.74 bits per heavy atom. The van der Waals surface area contributed by atoms with E-state index in [2.05, 4.69) is 0 Å². The first kappa shape index (κ1) is 11.6. The number of primary amides is 1. The number of benzene rings is 2. The van der Waals surface area contributed by atoms with Gasteiger partial charge in [0.2, 0.25) is 6.10 Å². The molecule has 1 atom stereocenters. The molecule has 2 N–H and O–H groups in total. The Kier molecular flexibility index (Phi) is 2.63. The lowest BCUT2D eigenvalue weighted by molar-refractivity contribution is -0.125. The Morgan fingerprint density at radius 2 is 2.00 bits per heavy atom. The predicted molar refractivity (Wildman–Crippen MR) is 71.0 cm³/mol. The molecule has 0 saturated carbocycles. The number of amides is 1. The predicted octanol–water partition coefficient (Wildman–Crippen LogP) is 2.28. The summed E-state index contributed by atoms with van der Waals surface area (Å²) in [6, 6.07) is 13.1. The number of fused-ring (bicyclic) bond motifs is 3. The van der Waals surface area contributed by atoms with Crippen LogP contribution < -0.4 is 15.2 Å². The average Bonchev–Trinajstić information content (AvgIpc) is 2.45. The van der Waals surface area contributed by atoms with E-state index in [0.717, 1.165) is 22.4 Å². The van der Waals surface area contributed by atoms with Crippen LogP contribution in [-0.2, 0) is 4.79 Å². The molecule has 0 bridgehead atoms. The number of ether oxygens (including phenoxy) is 2. The van der Waals surface area contributed by atoms with Gasteiger partial charge in [0, 0.05) is 11.1 Å². The van der Waals surface area contributed by atoms with Gasteiger partial charge in [-0.2, -0.15) is 0 Å². The van der Waals surface area contributed by atoms with Crippen molar-refractivity contribution in [2.75, 3.05) is 7.11 Å². The molecular weight excluding hydrogens is 242 g/mol. The van der Waals surface area contributed by atoms with Gasteiger partial charge in [-0.3, -0.25) is 4.79 Å². The fourth-order valence-corrected chi connectivity index (χ4v) is 2.32. The van der Waals surface area contributed by atoms with Crippen LogP contribution in [0.1, 0.15) is 11.7 Å². The van der Waals surface area contributed by atoms with E-state index in [1.54, 1.807) is 19.2 Å². The van der Waals surface area contributed by atoms with E-state index in [0.29, 0.717) is 5.75 Å². The first-order valence-corrected chi connectivity index (χ1v) is 5.94. The SMILES string of the molecule is COc1ccc2c(c1)-c1ccccc1C(C(N)=O)O2. The van der Waals surface area contributed by atoms with E-state index in [1.165, 1.54) is 0 Å². The molecule has 19 heavy (non-hydrogen) atoms. The standard InChI is InChI=1S/C15H13NO3/c1-18-9-6-7-13-12(8-9)10-4-2-3-5-11(10)14(19-13)15(16)17/h2-8,14H,1H3,(H2,16,17). The minimum Gasteiger partial charge on any atom is -0.497 e. The third-order valence-electron chi connectivity index (χ3n) is 3.22. The van der Waals surface area contributed by atoms with Crippen molar-refractivity contribution in [3.63, 3.8) is 0 Å². The van der Waals surface area contributed by atoms with Crippen molar-refractivity contribution in [2.24, 2.45) is 5.73 Å². The molecule has 0 aliphatic carbocycles. The van der Waals surface area contributed by atoms with E-state index in [-0.39, 0.29) is 0 Å². The van der Waals surface area contributed by atoms with Gasteiger partial charge in [-0.1, -0.05) is 24.3 Å². The van der Waals surface area contributed by atoms with Crippen molar-refractivity contribution in [1.29, 1.82) is 0 Å². The Morgan fingerprint density at radius 1 is 1.21 bits per heavy atom. The molecule has 4 heteroatoms. The van der Waals surface area contributed by atoms with E-state index >= 15 is 0 Å². The van der Waals surface area contributed by atoms with Crippen molar-refractivity contribution in [3.8, 4) is 22.6 Å². The zero-order valence-electron chi connectivity index (χ0n) is 10.4. The van der Waals surface area contributed by atoms with Gasteiger partial charge >= 0.3 is 0 Å². The Labute approximate surface area is 110 Å². The highest BCUT2D eigenvalue weighted by Crippen LogP contribution is 2.43. The van der Waals surface area contributed by atoms with Crippen molar-refractivity contribution in [1.82, 2.24) is 0 Å². The highest BCUT2D eigenvalue weighted by atomic mass is 16.5. The molecule has 1 aliphatic rings. The van der Waals surface area contributed by atoms with Crippen molar-refractivity contribution in [2.45, 2.75) is 6.10 Å². The van der Waals surface area contributed by atoms with Gasteiger partial charge < -0.3 is 15.2 Å². The highest BCUT2D eigenvalue weighted by Gasteiger charge is 2.29. The molecule has 0 radical (unpaired) electrons. The maximum Gasteiger partial charge on any atom is 0.263 e. The van der Waals surface area contributed by atoms with E-state index in [9.17, 15) is 4.79 Å². The van der Waals surface area contributed by atoms with Gasteiger partial charge in [0.15, 0.2) is 0 Å². The van der Waals surface area contributed by atoms with Gasteiger partial charge in [-0.15, -0.1) is 0 Å².